The topological polar surface area (TPSA) is 67.9 Å². The Morgan fingerprint density at radius 2 is 1.74 bits per heavy atom. The van der Waals surface area contributed by atoms with Crippen LogP contribution in [0, 0.1) is 0 Å². The molecule has 3 aliphatic rings. The molecule has 130 valence electrons. The molecule has 0 aromatic carbocycles. The van der Waals surface area contributed by atoms with Gasteiger partial charge in [-0.1, -0.05) is 38.5 Å². The fraction of sp³-hybridized carbons (Fsp3) is 0.882. The highest BCUT2D eigenvalue weighted by Gasteiger charge is 2.37. The number of nitrogens with zero attached hydrogens (tertiary/aromatic N) is 1. The molecule has 0 radical (unpaired) electrons. The zero-order chi connectivity index (χ0) is 16.1. The number of carbonyl (C=O) groups is 2. The smallest absolute Gasteiger partial charge is 0.410 e. The van der Waals surface area contributed by atoms with Crippen molar-refractivity contribution in [1.29, 1.82) is 0 Å². The van der Waals surface area contributed by atoms with Gasteiger partial charge in [0, 0.05) is 12.1 Å². The SMILES string of the molecule is O=C(NC1CCCCC1)OC[C@H]1CN(C2CCCCC2)C(=O)O1. The maximum atomic E-state index is 12.0. The summed E-state index contributed by atoms with van der Waals surface area (Å²) in [6.07, 6.45) is 10.4. The molecule has 1 atom stereocenters. The van der Waals surface area contributed by atoms with E-state index in [1.807, 2.05) is 4.90 Å². The molecule has 2 aliphatic carbocycles. The number of hydrogen-bond acceptors (Lipinski definition) is 4. The Bertz CT molecular complexity index is 417. The third kappa shape index (κ3) is 4.52. The van der Waals surface area contributed by atoms with Gasteiger partial charge in [-0.2, -0.15) is 0 Å². The van der Waals surface area contributed by atoms with E-state index in [0.29, 0.717) is 12.6 Å². The third-order valence-electron chi connectivity index (χ3n) is 5.25. The van der Waals surface area contributed by atoms with Crippen LogP contribution in [0.25, 0.3) is 0 Å². The van der Waals surface area contributed by atoms with Crippen molar-refractivity contribution in [2.45, 2.75) is 82.4 Å². The van der Waals surface area contributed by atoms with Crippen molar-refractivity contribution < 1.29 is 19.1 Å². The molecular formula is C17H28N2O4. The largest absolute Gasteiger partial charge is 0.446 e. The normalized spacial score (nSPS) is 26.9. The Balaban J connectivity index is 1.38. The van der Waals surface area contributed by atoms with Gasteiger partial charge in [0.05, 0.1) is 6.54 Å². The first-order valence-corrected chi connectivity index (χ1v) is 9.13. The summed E-state index contributed by atoms with van der Waals surface area (Å²) in [5.74, 6) is 0. The van der Waals surface area contributed by atoms with Crippen molar-refractivity contribution in [1.82, 2.24) is 10.2 Å². The molecule has 23 heavy (non-hydrogen) atoms. The minimum atomic E-state index is -0.385. The number of cyclic esters (lactones) is 1. The molecule has 2 saturated carbocycles. The van der Waals surface area contributed by atoms with Crippen LogP contribution in [0.1, 0.15) is 64.2 Å². The molecule has 0 bridgehead atoms. The van der Waals surface area contributed by atoms with Crippen LogP contribution >= 0.6 is 0 Å². The van der Waals surface area contributed by atoms with Gasteiger partial charge in [0.2, 0.25) is 0 Å². The fourth-order valence-electron chi connectivity index (χ4n) is 3.94. The molecule has 6 heteroatoms. The Kier molecular flexibility index (Phi) is 5.62. The van der Waals surface area contributed by atoms with E-state index in [4.69, 9.17) is 9.47 Å². The lowest BCUT2D eigenvalue weighted by atomic mass is 9.94. The quantitative estimate of drug-likeness (QED) is 0.862. The summed E-state index contributed by atoms with van der Waals surface area (Å²) in [6.45, 7) is 0.688. The molecule has 3 rings (SSSR count). The van der Waals surface area contributed by atoms with E-state index in [0.717, 1.165) is 25.7 Å². The second-order valence-electron chi connectivity index (χ2n) is 7.03. The van der Waals surface area contributed by atoms with Crippen LogP contribution in [0.5, 0.6) is 0 Å². The maximum Gasteiger partial charge on any atom is 0.410 e. The van der Waals surface area contributed by atoms with E-state index in [-0.39, 0.29) is 30.9 Å². The minimum absolute atomic E-state index is 0.146. The lowest BCUT2D eigenvalue weighted by Gasteiger charge is -2.28. The number of hydrogen-bond donors (Lipinski definition) is 1. The lowest BCUT2D eigenvalue weighted by molar-refractivity contribution is 0.0709. The van der Waals surface area contributed by atoms with Crippen molar-refractivity contribution in [3.63, 3.8) is 0 Å². The average Bonchev–Trinajstić information content (AvgIpc) is 2.96. The zero-order valence-corrected chi connectivity index (χ0v) is 13.8. The summed E-state index contributed by atoms with van der Waals surface area (Å²) >= 11 is 0. The molecule has 1 heterocycles. The van der Waals surface area contributed by atoms with E-state index in [2.05, 4.69) is 5.32 Å². The molecule has 3 fully saturated rings. The van der Waals surface area contributed by atoms with E-state index in [1.54, 1.807) is 0 Å². The Morgan fingerprint density at radius 3 is 2.43 bits per heavy atom. The van der Waals surface area contributed by atoms with Gasteiger partial charge in [-0.05, 0) is 25.7 Å². The number of ether oxygens (including phenoxy) is 2. The van der Waals surface area contributed by atoms with Gasteiger partial charge >= 0.3 is 12.2 Å². The summed E-state index contributed by atoms with van der Waals surface area (Å²) in [5, 5.41) is 2.91. The van der Waals surface area contributed by atoms with Crippen molar-refractivity contribution in [3.05, 3.63) is 0 Å². The van der Waals surface area contributed by atoms with Crippen molar-refractivity contribution in [2.75, 3.05) is 13.2 Å². The van der Waals surface area contributed by atoms with Gasteiger partial charge in [-0.25, -0.2) is 9.59 Å². The molecule has 1 saturated heterocycles. The zero-order valence-electron chi connectivity index (χ0n) is 13.8. The average molecular weight is 324 g/mol. The lowest BCUT2D eigenvalue weighted by Crippen LogP contribution is -2.39. The van der Waals surface area contributed by atoms with E-state index >= 15 is 0 Å². The first-order valence-electron chi connectivity index (χ1n) is 9.13. The number of amides is 2. The predicted octanol–water partition coefficient (Wildman–Crippen LogP) is 3.20. The standard InChI is InChI=1S/C17H28N2O4/c20-16(18-13-7-3-1-4-8-13)22-12-15-11-19(17(21)23-15)14-9-5-2-6-10-14/h13-15H,1-12H2,(H,18,20)/t15-/m1/s1. The van der Waals surface area contributed by atoms with Gasteiger partial charge in [0.15, 0.2) is 6.10 Å². The molecule has 2 amide bonds. The first-order chi connectivity index (χ1) is 11.2. The minimum Gasteiger partial charge on any atom is -0.446 e. The third-order valence-corrected chi connectivity index (χ3v) is 5.25. The Morgan fingerprint density at radius 1 is 1.09 bits per heavy atom. The van der Waals surface area contributed by atoms with Gasteiger partial charge in [0.25, 0.3) is 0 Å². The highest BCUT2D eigenvalue weighted by atomic mass is 16.6. The molecule has 0 spiro atoms. The monoisotopic (exact) mass is 324 g/mol. The van der Waals surface area contributed by atoms with Gasteiger partial charge in [0.1, 0.15) is 6.61 Å². The van der Waals surface area contributed by atoms with E-state index < -0.39 is 0 Å². The van der Waals surface area contributed by atoms with Crippen LogP contribution < -0.4 is 5.32 Å². The van der Waals surface area contributed by atoms with Gasteiger partial charge in [-0.3, -0.25) is 0 Å². The van der Waals surface area contributed by atoms with Crippen molar-refractivity contribution in [3.8, 4) is 0 Å². The summed E-state index contributed by atoms with van der Waals surface area (Å²) in [7, 11) is 0. The van der Waals surface area contributed by atoms with E-state index in [9.17, 15) is 9.59 Å². The van der Waals surface area contributed by atoms with Crippen molar-refractivity contribution in [2.24, 2.45) is 0 Å². The van der Waals surface area contributed by atoms with Crippen LogP contribution in [0.3, 0.4) is 0 Å². The molecule has 1 aliphatic heterocycles. The summed E-state index contributed by atoms with van der Waals surface area (Å²) in [4.78, 5) is 25.7. The molecular weight excluding hydrogens is 296 g/mol. The van der Waals surface area contributed by atoms with Crippen molar-refractivity contribution >= 4 is 12.2 Å². The molecule has 1 N–H and O–H groups in total. The van der Waals surface area contributed by atoms with Crippen LogP contribution in [-0.2, 0) is 9.47 Å². The second-order valence-corrected chi connectivity index (χ2v) is 7.03. The molecule has 0 aromatic rings. The Labute approximate surface area is 137 Å². The summed E-state index contributed by atoms with van der Waals surface area (Å²) in [5.41, 5.74) is 0. The number of carbonyl (C=O) groups excluding carboxylic acids is 2. The van der Waals surface area contributed by atoms with Crippen LogP contribution in [-0.4, -0.2) is 48.4 Å². The predicted molar refractivity (Wildman–Crippen MR) is 85.2 cm³/mol. The molecule has 0 aromatic heterocycles. The molecule has 0 unspecified atom stereocenters. The Hall–Kier alpha value is -1.46. The fourth-order valence-corrected chi connectivity index (χ4v) is 3.94. The van der Waals surface area contributed by atoms with E-state index in [1.165, 1.54) is 38.5 Å². The number of rotatable bonds is 4. The first kappa shape index (κ1) is 16.4. The van der Waals surface area contributed by atoms with Crippen LogP contribution in [0.15, 0.2) is 0 Å². The summed E-state index contributed by atoms with van der Waals surface area (Å²) < 4.78 is 10.6. The highest BCUT2D eigenvalue weighted by Crippen LogP contribution is 2.26. The number of nitrogens with one attached hydrogen (secondary N) is 1. The van der Waals surface area contributed by atoms with Crippen LogP contribution in [0.4, 0.5) is 9.59 Å². The molecule has 6 nitrogen and oxygen atoms in total. The summed E-state index contributed by atoms with van der Waals surface area (Å²) in [6, 6.07) is 0.540. The highest BCUT2D eigenvalue weighted by molar-refractivity contribution is 5.71. The van der Waals surface area contributed by atoms with Gasteiger partial charge in [-0.15, -0.1) is 0 Å². The second kappa shape index (κ2) is 7.88. The number of alkyl carbamates (subject to hydrolysis) is 1. The van der Waals surface area contributed by atoms with Crippen LogP contribution in [0.2, 0.25) is 0 Å². The maximum absolute atomic E-state index is 12.0. The van der Waals surface area contributed by atoms with Gasteiger partial charge < -0.3 is 19.7 Å².